The number of nitrogens with one attached hydrogen (secondary N) is 1. The fourth-order valence-corrected chi connectivity index (χ4v) is 3.77. The molecule has 1 aliphatic heterocycles. The largest absolute Gasteiger partial charge is 0.452 e. The molecule has 0 radical (unpaired) electrons. The summed E-state index contributed by atoms with van der Waals surface area (Å²) in [6.45, 7) is 1.28. The van der Waals surface area contributed by atoms with Gasteiger partial charge < -0.3 is 15.0 Å². The highest BCUT2D eigenvalue weighted by atomic mass is 16.5. The molecule has 3 aromatic rings. The fourth-order valence-electron chi connectivity index (χ4n) is 3.77. The molecule has 0 bridgehead atoms. The third-order valence-electron chi connectivity index (χ3n) is 5.58. The second kappa shape index (κ2) is 10.2. The molecular formula is C27H23N3O6. The molecule has 1 aliphatic rings. The standard InChI is InChI=1S/C27H23N3O6/c1-17(31)28-20-9-11-21(12-10-20)30-25(33)22-13-8-19(14-23(22)26(30)34)27(35)36-16-24(32)29(2)15-18-6-4-3-5-7-18/h3-14H,15-16H2,1-2H3,(H,28,31). The Hall–Kier alpha value is -4.79. The molecule has 3 aromatic carbocycles. The van der Waals surface area contributed by atoms with Crippen LogP contribution in [0.4, 0.5) is 11.4 Å². The number of esters is 1. The van der Waals surface area contributed by atoms with Crippen LogP contribution in [0.15, 0.2) is 72.8 Å². The quantitative estimate of drug-likeness (QED) is 0.406. The van der Waals surface area contributed by atoms with Gasteiger partial charge >= 0.3 is 5.97 Å². The Morgan fingerprint density at radius 3 is 2.22 bits per heavy atom. The van der Waals surface area contributed by atoms with Crippen molar-refractivity contribution in [3.05, 3.63) is 95.1 Å². The van der Waals surface area contributed by atoms with Crippen LogP contribution < -0.4 is 10.2 Å². The zero-order valence-corrected chi connectivity index (χ0v) is 19.7. The van der Waals surface area contributed by atoms with Gasteiger partial charge in [0.25, 0.3) is 17.7 Å². The molecule has 0 fully saturated rings. The monoisotopic (exact) mass is 485 g/mol. The first kappa shape index (κ1) is 24.3. The highest BCUT2D eigenvalue weighted by Crippen LogP contribution is 2.30. The van der Waals surface area contributed by atoms with Crippen LogP contribution in [0.3, 0.4) is 0 Å². The molecule has 0 atom stereocenters. The van der Waals surface area contributed by atoms with E-state index in [0.717, 1.165) is 10.5 Å². The van der Waals surface area contributed by atoms with Gasteiger partial charge in [0.15, 0.2) is 6.61 Å². The highest BCUT2D eigenvalue weighted by Gasteiger charge is 2.37. The minimum absolute atomic E-state index is 0.0521. The van der Waals surface area contributed by atoms with E-state index in [1.807, 2.05) is 30.3 Å². The van der Waals surface area contributed by atoms with Gasteiger partial charge in [-0.25, -0.2) is 9.69 Å². The summed E-state index contributed by atoms with van der Waals surface area (Å²) in [5.41, 5.74) is 2.06. The number of fused-ring (bicyclic) bond motifs is 1. The molecule has 4 amide bonds. The lowest BCUT2D eigenvalue weighted by Gasteiger charge is -2.17. The van der Waals surface area contributed by atoms with Crippen molar-refractivity contribution in [3.63, 3.8) is 0 Å². The Morgan fingerprint density at radius 1 is 0.889 bits per heavy atom. The number of carbonyl (C=O) groups is 5. The normalized spacial score (nSPS) is 12.2. The number of nitrogens with zero attached hydrogens (tertiary/aromatic N) is 2. The maximum Gasteiger partial charge on any atom is 0.338 e. The van der Waals surface area contributed by atoms with Crippen LogP contribution in [0, 0.1) is 0 Å². The molecule has 0 aromatic heterocycles. The summed E-state index contributed by atoms with van der Waals surface area (Å²) >= 11 is 0. The summed E-state index contributed by atoms with van der Waals surface area (Å²) in [4.78, 5) is 64.4. The Labute approximate surface area is 207 Å². The molecule has 9 heteroatoms. The van der Waals surface area contributed by atoms with Crippen molar-refractivity contribution in [1.29, 1.82) is 0 Å². The molecule has 1 heterocycles. The van der Waals surface area contributed by atoms with Crippen molar-refractivity contribution in [2.75, 3.05) is 23.9 Å². The predicted molar refractivity (Wildman–Crippen MR) is 132 cm³/mol. The summed E-state index contributed by atoms with van der Waals surface area (Å²) in [5, 5.41) is 2.62. The van der Waals surface area contributed by atoms with Crippen molar-refractivity contribution >= 4 is 41.0 Å². The van der Waals surface area contributed by atoms with Crippen molar-refractivity contribution < 1.29 is 28.7 Å². The highest BCUT2D eigenvalue weighted by molar-refractivity contribution is 6.34. The molecule has 0 unspecified atom stereocenters. The minimum atomic E-state index is -0.780. The summed E-state index contributed by atoms with van der Waals surface area (Å²) in [7, 11) is 1.61. The van der Waals surface area contributed by atoms with Crippen molar-refractivity contribution in [1.82, 2.24) is 4.90 Å². The third kappa shape index (κ3) is 5.15. The van der Waals surface area contributed by atoms with Gasteiger partial charge in [-0.3, -0.25) is 19.2 Å². The number of anilines is 2. The van der Waals surface area contributed by atoms with Gasteiger partial charge in [0.1, 0.15) is 0 Å². The lowest BCUT2D eigenvalue weighted by Crippen LogP contribution is -2.30. The first-order valence-corrected chi connectivity index (χ1v) is 11.1. The zero-order chi connectivity index (χ0) is 25.8. The van der Waals surface area contributed by atoms with Gasteiger partial charge in [-0.15, -0.1) is 0 Å². The average Bonchev–Trinajstić information content (AvgIpc) is 3.12. The number of rotatable bonds is 7. The predicted octanol–water partition coefficient (Wildman–Crippen LogP) is 3.26. The molecule has 36 heavy (non-hydrogen) atoms. The summed E-state index contributed by atoms with van der Waals surface area (Å²) in [6.07, 6.45) is 0. The topological polar surface area (TPSA) is 113 Å². The minimum Gasteiger partial charge on any atom is -0.452 e. The maximum absolute atomic E-state index is 13.0. The van der Waals surface area contributed by atoms with Crippen LogP contribution in [0.5, 0.6) is 0 Å². The van der Waals surface area contributed by atoms with E-state index in [1.165, 1.54) is 30.0 Å². The van der Waals surface area contributed by atoms with Crippen LogP contribution in [-0.4, -0.2) is 48.2 Å². The Kier molecular flexibility index (Phi) is 6.91. The first-order chi connectivity index (χ1) is 17.2. The van der Waals surface area contributed by atoms with Gasteiger partial charge in [-0.1, -0.05) is 30.3 Å². The molecular weight excluding hydrogens is 462 g/mol. The molecule has 0 saturated carbocycles. The summed E-state index contributed by atoms with van der Waals surface area (Å²) in [6, 6.07) is 19.7. The molecule has 0 aliphatic carbocycles. The number of hydrogen-bond donors (Lipinski definition) is 1. The third-order valence-corrected chi connectivity index (χ3v) is 5.58. The van der Waals surface area contributed by atoms with E-state index >= 15 is 0 Å². The van der Waals surface area contributed by atoms with Crippen LogP contribution in [0.2, 0.25) is 0 Å². The number of hydrogen-bond acceptors (Lipinski definition) is 6. The first-order valence-electron chi connectivity index (χ1n) is 11.1. The van der Waals surface area contributed by atoms with Gasteiger partial charge in [-0.2, -0.15) is 0 Å². The molecule has 0 saturated heterocycles. The Morgan fingerprint density at radius 2 is 1.56 bits per heavy atom. The van der Waals surface area contributed by atoms with E-state index in [2.05, 4.69) is 5.32 Å². The second-order valence-electron chi connectivity index (χ2n) is 8.25. The van der Waals surface area contributed by atoms with Crippen molar-refractivity contribution in [3.8, 4) is 0 Å². The second-order valence-corrected chi connectivity index (χ2v) is 8.25. The number of imide groups is 1. The number of carbonyl (C=O) groups excluding carboxylic acids is 5. The van der Waals surface area contributed by atoms with Gasteiger partial charge in [-0.05, 0) is 48.0 Å². The van der Waals surface area contributed by atoms with Crippen LogP contribution in [-0.2, 0) is 20.9 Å². The molecule has 1 N–H and O–H groups in total. The van der Waals surface area contributed by atoms with E-state index in [-0.39, 0.29) is 28.5 Å². The summed E-state index contributed by atoms with van der Waals surface area (Å²) < 4.78 is 5.15. The molecule has 9 nitrogen and oxygen atoms in total. The number of benzene rings is 3. The van der Waals surface area contributed by atoms with E-state index in [1.54, 1.807) is 31.3 Å². The van der Waals surface area contributed by atoms with Crippen molar-refractivity contribution in [2.45, 2.75) is 13.5 Å². The smallest absolute Gasteiger partial charge is 0.338 e. The number of ether oxygens (including phenoxy) is 1. The summed E-state index contributed by atoms with van der Waals surface area (Å²) in [5.74, 6) is -2.52. The lowest BCUT2D eigenvalue weighted by molar-refractivity contribution is -0.133. The number of likely N-dealkylation sites (N-methyl/N-ethyl adjacent to an activating group) is 1. The fraction of sp³-hybridized carbons (Fsp3) is 0.148. The van der Waals surface area contributed by atoms with Crippen molar-refractivity contribution in [2.24, 2.45) is 0 Å². The average molecular weight is 485 g/mol. The maximum atomic E-state index is 13.0. The van der Waals surface area contributed by atoms with Crippen LogP contribution >= 0.6 is 0 Å². The van der Waals surface area contributed by atoms with E-state index in [4.69, 9.17) is 4.74 Å². The number of amides is 4. The lowest BCUT2D eigenvalue weighted by atomic mass is 10.1. The van der Waals surface area contributed by atoms with E-state index in [9.17, 15) is 24.0 Å². The van der Waals surface area contributed by atoms with Gasteiger partial charge in [0, 0.05) is 26.2 Å². The Bertz CT molecular complexity index is 1350. The van der Waals surface area contributed by atoms with E-state index in [0.29, 0.717) is 17.9 Å². The molecule has 4 rings (SSSR count). The van der Waals surface area contributed by atoms with Gasteiger partial charge in [0.2, 0.25) is 5.91 Å². The van der Waals surface area contributed by atoms with E-state index < -0.39 is 24.4 Å². The molecule has 0 spiro atoms. The van der Waals surface area contributed by atoms with Crippen LogP contribution in [0.1, 0.15) is 43.6 Å². The SMILES string of the molecule is CC(=O)Nc1ccc(N2C(=O)c3ccc(C(=O)OCC(=O)N(C)Cc4ccccc4)cc3C2=O)cc1. The van der Waals surface area contributed by atoms with Crippen LogP contribution in [0.25, 0.3) is 0 Å². The zero-order valence-electron chi connectivity index (χ0n) is 19.7. The molecule has 182 valence electrons. The Balaban J connectivity index is 1.42. The van der Waals surface area contributed by atoms with Gasteiger partial charge in [0.05, 0.1) is 22.4 Å².